The van der Waals surface area contributed by atoms with Crippen LogP contribution in [0.5, 0.6) is 0 Å². The second-order valence-electron chi connectivity index (χ2n) is 5.65. The fourth-order valence-electron chi connectivity index (χ4n) is 2.63. The Bertz CT molecular complexity index is 799. The minimum atomic E-state index is -2.73. The molecule has 3 rings (SSSR count). The third-order valence-corrected chi connectivity index (χ3v) is 5.02. The molecule has 1 aliphatic carbocycles. The van der Waals surface area contributed by atoms with Gasteiger partial charge in [-0.25, -0.2) is 18.5 Å². The van der Waals surface area contributed by atoms with Crippen LogP contribution < -0.4 is 4.80 Å². The summed E-state index contributed by atoms with van der Waals surface area (Å²) in [6.45, 7) is 0. The number of alkyl halides is 2. The molecule has 120 valence electrons. The molecule has 1 saturated carbocycles. The second kappa shape index (κ2) is 6.20. The van der Waals surface area contributed by atoms with Crippen molar-refractivity contribution in [2.45, 2.75) is 37.6 Å². The Morgan fingerprint density at radius 3 is 2.74 bits per heavy atom. The Labute approximate surface area is 136 Å². The summed E-state index contributed by atoms with van der Waals surface area (Å²) in [5.41, 5.74) is 1.42. The second-order valence-corrected chi connectivity index (χ2v) is 6.61. The van der Waals surface area contributed by atoms with Gasteiger partial charge in [0.15, 0.2) is 0 Å². The molecule has 1 aromatic heterocycles. The van der Waals surface area contributed by atoms with Gasteiger partial charge in [-0.1, -0.05) is 29.9 Å². The van der Waals surface area contributed by atoms with Crippen LogP contribution >= 0.6 is 11.3 Å². The molecule has 2 aromatic rings. The van der Waals surface area contributed by atoms with Crippen molar-refractivity contribution in [1.82, 2.24) is 9.78 Å². The van der Waals surface area contributed by atoms with Gasteiger partial charge in [0.2, 0.25) is 4.80 Å². The van der Waals surface area contributed by atoms with Crippen molar-refractivity contribution in [2.75, 3.05) is 0 Å². The van der Waals surface area contributed by atoms with Crippen molar-refractivity contribution in [3.8, 4) is 16.6 Å². The van der Waals surface area contributed by atoms with E-state index in [0.29, 0.717) is 28.2 Å². The van der Waals surface area contributed by atoms with Crippen LogP contribution in [0.25, 0.3) is 10.6 Å². The molecule has 0 amide bonds. The Kier molecular flexibility index (Phi) is 4.26. The van der Waals surface area contributed by atoms with Crippen molar-refractivity contribution in [1.29, 1.82) is 5.26 Å². The van der Waals surface area contributed by atoms with E-state index in [0.717, 1.165) is 12.0 Å². The van der Waals surface area contributed by atoms with Crippen LogP contribution in [0.15, 0.2) is 29.3 Å². The van der Waals surface area contributed by atoms with Gasteiger partial charge in [-0.2, -0.15) is 10.4 Å². The van der Waals surface area contributed by atoms with Gasteiger partial charge in [-0.05, 0) is 25.0 Å². The van der Waals surface area contributed by atoms with E-state index >= 15 is 0 Å². The molecule has 7 heteroatoms. The van der Waals surface area contributed by atoms with Gasteiger partial charge in [0, 0.05) is 19.0 Å². The number of rotatable bonds is 2. The predicted molar refractivity (Wildman–Crippen MR) is 84.0 cm³/mol. The zero-order chi connectivity index (χ0) is 16.4. The summed E-state index contributed by atoms with van der Waals surface area (Å²) < 4.78 is 29.4. The molecule has 1 atom stereocenters. The number of halogens is 2. The van der Waals surface area contributed by atoms with Crippen LogP contribution in [0.4, 0.5) is 8.78 Å². The number of aryl methyl sites for hydroxylation is 1. The van der Waals surface area contributed by atoms with Gasteiger partial charge < -0.3 is 0 Å². The lowest BCUT2D eigenvalue weighted by molar-refractivity contribution is -0.0518. The molecule has 0 radical (unpaired) electrons. The maximum atomic E-state index is 13.9. The minimum Gasteiger partial charge on any atom is -0.248 e. The van der Waals surface area contributed by atoms with Crippen molar-refractivity contribution >= 4 is 11.3 Å². The van der Waals surface area contributed by atoms with Gasteiger partial charge in [0.05, 0.1) is 11.6 Å². The van der Waals surface area contributed by atoms with Crippen LogP contribution in [0.2, 0.25) is 0 Å². The molecule has 0 aliphatic heterocycles. The number of nitriles is 1. The number of benzene rings is 1. The first-order valence-corrected chi connectivity index (χ1v) is 8.27. The average molecular weight is 334 g/mol. The van der Waals surface area contributed by atoms with Gasteiger partial charge >= 0.3 is 0 Å². The Morgan fingerprint density at radius 1 is 1.35 bits per heavy atom. The quantitative estimate of drug-likeness (QED) is 0.844. The molecule has 4 nitrogen and oxygen atoms in total. The van der Waals surface area contributed by atoms with Crippen LogP contribution in [-0.4, -0.2) is 21.7 Å². The minimum absolute atomic E-state index is 0.0911. The van der Waals surface area contributed by atoms with Crippen molar-refractivity contribution < 1.29 is 8.78 Å². The maximum Gasteiger partial charge on any atom is 0.270 e. The van der Waals surface area contributed by atoms with E-state index in [1.807, 2.05) is 0 Å². The lowest BCUT2D eigenvalue weighted by Crippen LogP contribution is -2.37. The lowest BCUT2D eigenvalue weighted by Gasteiger charge is -2.27. The highest BCUT2D eigenvalue weighted by Gasteiger charge is 2.41. The summed E-state index contributed by atoms with van der Waals surface area (Å²) in [6, 6.07) is 8.13. The monoisotopic (exact) mass is 334 g/mol. The van der Waals surface area contributed by atoms with Crippen LogP contribution in [0.3, 0.4) is 0 Å². The fourth-order valence-corrected chi connectivity index (χ4v) is 3.58. The van der Waals surface area contributed by atoms with Gasteiger partial charge in [-0.15, -0.1) is 0 Å². The highest BCUT2D eigenvalue weighted by Crippen LogP contribution is 2.35. The molecule has 0 spiro atoms. The van der Waals surface area contributed by atoms with Gasteiger partial charge in [0.1, 0.15) is 11.0 Å². The van der Waals surface area contributed by atoms with E-state index in [1.165, 1.54) is 11.3 Å². The summed E-state index contributed by atoms with van der Waals surface area (Å²) in [5, 5.41) is 13.9. The van der Waals surface area contributed by atoms with Crippen molar-refractivity contribution in [3.63, 3.8) is 0 Å². The van der Waals surface area contributed by atoms with E-state index in [2.05, 4.69) is 16.2 Å². The van der Waals surface area contributed by atoms with E-state index in [-0.39, 0.29) is 6.42 Å². The number of hydrogen-bond donors (Lipinski definition) is 0. The largest absolute Gasteiger partial charge is 0.270 e. The first-order chi connectivity index (χ1) is 11.0. The Morgan fingerprint density at radius 2 is 2.09 bits per heavy atom. The third-order valence-electron chi connectivity index (χ3n) is 3.96. The molecule has 0 N–H and O–H groups in total. The summed E-state index contributed by atoms with van der Waals surface area (Å²) in [4.78, 5) is 4.76. The summed E-state index contributed by atoms with van der Waals surface area (Å²) in [7, 11) is 1.71. The van der Waals surface area contributed by atoms with Crippen LogP contribution in [0.1, 0.15) is 31.2 Å². The van der Waals surface area contributed by atoms with E-state index < -0.39 is 12.0 Å². The highest BCUT2D eigenvalue weighted by molar-refractivity contribution is 7.12. The van der Waals surface area contributed by atoms with E-state index in [9.17, 15) is 8.78 Å². The van der Waals surface area contributed by atoms with Crippen LogP contribution in [-0.2, 0) is 7.05 Å². The number of aromatic nitrogens is 2. The highest BCUT2D eigenvalue weighted by atomic mass is 32.1. The fraction of sp³-hybridized carbons (Fsp3) is 0.438. The predicted octanol–water partition coefficient (Wildman–Crippen LogP) is 3.50. The van der Waals surface area contributed by atoms with Gasteiger partial charge in [-0.3, -0.25) is 0 Å². The molecule has 23 heavy (non-hydrogen) atoms. The van der Waals surface area contributed by atoms with Crippen LogP contribution in [0, 0.1) is 11.3 Å². The molecular weight excluding hydrogens is 318 g/mol. The molecule has 0 bridgehead atoms. The first-order valence-electron chi connectivity index (χ1n) is 7.46. The summed E-state index contributed by atoms with van der Waals surface area (Å²) in [5.74, 6) is -2.73. The van der Waals surface area contributed by atoms with E-state index in [4.69, 9.17) is 5.26 Å². The molecular formula is C16H16F2N4S. The number of nitrogens with zero attached hydrogens (tertiary/aromatic N) is 4. The molecule has 1 unspecified atom stereocenters. The smallest absolute Gasteiger partial charge is 0.248 e. The SMILES string of the molecule is Cn1nc(-c2ccc(C#N)cc2)sc1=NC1CCCCC1(F)F. The lowest BCUT2D eigenvalue weighted by atomic mass is 9.92. The zero-order valence-corrected chi connectivity index (χ0v) is 13.5. The maximum absolute atomic E-state index is 13.9. The summed E-state index contributed by atoms with van der Waals surface area (Å²) in [6.07, 6.45) is 1.67. The van der Waals surface area contributed by atoms with Crippen molar-refractivity contribution in [3.05, 3.63) is 34.6 Å². The Hall–Kier alpha value is -2.07. The van der Waals surface area contributed by atoms with Crippen molar-refractivity contribution in [2.24, 2.45) is 12.0 Å². The topological polar surface area (TPSA) is 54.0 Å². The standard InChI is InChI=1S/C16H16F2N4S/c1-22-15(20-13-4-2-3-9-16(13,17)18)23-14(21-22)12-7-5-11(10-19)6-8-12/h5-8,13H,2-4,9H2,1H3. The first kappa shape index (κ1) is 15.8. The Balaban J connectivity index is 1.94. The molecule has 1 heterocycles. The third kappa shape index (κ3) is 3.32. The molecule has 1 aliphatic rings. The molecule has 1 aromatic carbocycles. The zero-order valence-electron chi connectivity index (χ0n) is 12.7. The summed E-state index contributed by atoms with van der Waals surface area (Å²) >= 11 is 1.29. The molecule has 1 fully saturated rings. The average Bonchev–Trinajstić information content (AvgIpc) is 2.90. The number of hydrogen-bond acceptors (Lipinski definition) is 4. The van der Waals surface area contributed by atoms with Gasteiger partial charge in [0.25, 0.3) is 5.92 Å². The molecule has 0 saturated heterocycles. The normalized spacial score (nSPS) is 21.1. The van der Waals surface area contributed by atoms with E-state index in [1.54, 1.807) is 36.0 Å².